The fourth-order valence-electron chi connectivity index (χ4n) is 4.33. The molecular weight excluding hydrogens is 335 g/mol. The molecule has 0 radical (unpaired) electrons. The zero-order chi connectivity index (χ0) is 17.8. The summed E-state index contributed by atoms with van der Waals surface area (Å²) in [7, 11) is 0. The molecular formula is C20H15FN2O3. The smallest absolute Gasteiger partial charge is 0.254 e. The molecule has 2 amide bonds. The van der Waals surface area contributed by atoms with Gasteiger partial charge in [-0.3, -0.25) is 9.59 Å². The lowest BCUT2D eigenvalue weighted by Crippen LogP contribution is -2.28. The fraction of sp³-hybridized carbons (Fsp3) is 0.250. The number of allylic oxidation sites excluding steroid dienone is 2. The molecule has 6 heteroatoms. The average molecular weight is 350 g/mol. The summed E-state index contributed by atoms with van der Waals surface area (Å²) < 4.78 is 19.0. The first-order valence-electron chi connectivity index (χ1n) is 8.58. The number of halogens is 1. The highest BCUT2D eigenvalue weighted by Gasteiger charge is 2.59. The Balaban J connectivity index is 1.37. The molecule has 2 aliphatic carbocycles. The van der Waals surface area contributed by atoms with Gasteiger partial charge < -0.3 is 4.42 Å². The average Bonchev–Trinajstić information content (AvgIpc) is 3.39. The molecule has 2 bridgehead atoms. The zero-order valence-corrected chi connectivity index (χ0v) is 13.7. The molecule has 2 fully saturated rings. The van der Waals surface area contributed by atoms with Crippen LogP contribution in [0.25, 0.3) is 11.3 Å². The Morgan fingerprint density at radius 2 is 1.81 bits per heavy atom. The Morgan fingerprint density at radius 3 is 2.50 bits per heavy atom. The van der Waals surface area contributed by atoms with Gasteiger partial charge in [-0.1, -0.05) is 24.3 Å². The minimum atomic E-state index is -0.350. The second-order valence-electron chi connectivity index (χ2n) is 6.95. The van der Waals surface area contributed by atoms with E-state index in [4.69, 9.17) is 4.42 Å². The summed E-state index contributed by atoms with van der Waals surface area (Å²) in [4.78, 5) is 25.1. The zero-order valence-electron chi connectivity index (χ0n) is 13.7. The van der Waals surface area contributed by atoms with E-state index in [2.05, 4.69) is 5.10 Å². The van der Waals surface area contributed by atoms with E-state index >= 15 is 0 Å². The van der Waals surface area contributed by atoms with Crippen LogP contribution in [0.1, 0.15) is 12.2 Å². The van der Waals surface area contributed by atoms with E-state index < -0.39 is 0 Å². The first-order valence-corrected chi connectivity index (χ1v) is 8.58. The van der Waals surface area contributed by atoms with Crippen molar-refractivity contribution < 1.29 is 18.4 Å². The van der Waals surface area contributed by atoms with E-state index in [1.165, 1.54) is 18.3 Å². The number of carbonyl (C=O) groups excluding carboxylic acids is 2. The van der Waals surface area contributed by atoms with Crippen LogP contribution in [0.15, 0.2) is 58.1 Å². The van der Waals surface area contributed by atoms with E-state index in [1.54, 1.807) is 24.3 Å². The molecule has 0 spiro atoms. The van der Waals surface area contributed by atoms with Gasteiger partial charge in [0.1, 0.15) is 17.3 Å². The first kappa shape index (κ1) is 15.3. The van der Waals surface area contributed by atoms with Crippen molar-refractivity contribution in [3.05, 3.63) is 60.1 Å². The third-order valence-electron chi connectivity index (χ3n) is 5.48. The molecule has 3 aliphatic rings. The molecule has 130 valence electrons. The number of amides is 2. The third kappa shape index (κ3) is 2.18. The molecule has 0 unspecified atom stereocenters. The largest absolute Gasteiger partial charge is 0.455 e. The molecule has 4 atom stereocenters. The lowest BCUT2D eigenvalue weighted by Gasteiger charge is -2.13. The van der Waals surface area contributed by atoms with Crippen LogP contribution in [-0.4, -0.2) is 23.0 Å². The van der Waals surface area contributed by atoms with Gasteiger partial charge in [0.15, 0.2) is 0 Å². The summed E-state index contributed by atoms with van der Waals surface area (Å²) in [6.07, 6.45) is 6.33. The van der Waals surface area contributed by atoms with Crippen LogP contribution in [0.2, 0.25) is 0 Å². The highest BCUT2D eigenvalue weighted by Crippen LogP contribution is 2.52. The summed E-state index contributed by atoms with van der Waals surface area (Å²) in [6.45, 7) is 0. The van der Waals surface area contributed by atoms with Crippen LogP contribution in [0.5, 0.6) is 0 Å². The Kier molecular flexibility index (Phi) is 3.22. The van der Waals surface area contributed by atoms with Gasteiger partial charge in [0.2, 0.25) is 0 Å². The monoisotopic (exact) mass is 350 g/mol. The molecule has 1 aromatic heterocycles. The number of hydrogen-bond acceptors (Lipinski definition) is 4. The van der Waals surface area contributed by atoms with Gasteiger partial charge in [0.05, 0.1) is 18.1 Å². The molecule has 1 saturated heterocycles. The van der Waals surface area contributed by atoms with Gasteiger partial charge in [0.25, 0.3) is 11.8 Å². The second kappa shape index (κ2) is 5.49. The number of carbonyl (C=O) groups is 2. The maximum atomic E-state index is 13.3. The van der Waals surface area contributed by atoms with E-state index in [1.807, 2.05) is 12.2 Å². The minimum Gasteiger partial charge on any atom is -0.455 e. The number of hydrazone groups is 1. The molecule has 5 nitrogen and oxygen atoms in total. The second-order valence-corrected chi connectivity index (χ2v) is 6.95. The number of hydrogen-bond donors (Lipinski definition) is 0. The Morgan fingerprint density at radius 1 is 1.08 bits per heavy atom. The van der Waals surface area contributed by atoms with E-state index in [0.717, 1.165) is 11.4 Å². The Hall–Kier alpha value is -3.02. The molecule has 1 saturated carbocycles. The van der Waals surface area contributed by atoms with E-state index in [9.17, 15) is 14.0 Å². The summed E-state index contributed by atoms with van der Waals surface area (Å²) in [5.41, 5.74) is 0.607. The first-order chi connectivity index (χ1) is 12.6. The Labute approximate surface area is 148 Å². The SMILES string of the molecule is O=C1[C@@H]2[C@H](C(=O)N1N=Cc1ccc(-c3cccc(F)c3)o1)[C@H]1C=C[C@H]2C1. The lowest BCUT2D eigenvalue weighted by atomic mass is 9.85. The summed E-state index contributed by atoms with van der Waals surface area (Å²) in [5.74, 6) is -0.155. The third-order valence-corrected chi connectivity index (χ3v) is 5.48. The Bertz CT molecular complexity index is 947. The maximum Gasteiger partial charge on any atom is 0.254 e. The predicted molar refractivity (Wildman–Crippen MR) is 91.3 cm³/mol. The fourth-order valence-corrected chi connectivity index (χ4v) is 4.33. The molecule has 2 aromatic rings. The molecule has 5 rings (SSSR count). The van der Waals surface area contributed by atoms with Gasteiger partial charge >= 0.3 is 0 Å². The van der Waals surface area contributed by atoms with Gasteiger partial charge in [0, 0.05) is 5.56 Å². The van der Waals surface area contributed by atoms with Crippen molar-refractivity contribution >= 4 is 18.0 Å². The van der Waals surface area contributed by atoms with Crippen molar-refractivity contribution in [1.29, 1.82) is 0 Å². The highest BCUT2D eigenvalue weighted by molar-refractivity contribution is 6.06. The summed E-state index contributed by atoms with van der Waals surface area (Å²) in [5, 5.41) is 5.05. The minimum absolute atomic E-state index is 0.157. The normalized spacial score (nSPS) is 29.3. The summed E-state index contributed by atoms with van der Waals surface area (Å²) >= 11 is 0. The van der Waals surface area contributed by atoms with Gasteiger partial charge in [-0.25, -0.2) is 4.39 Å². The van der Waals surface area contributed by atoms with E-state index in [0.29, 0.717) is 17.1 Å². The highest BCUT2D eigenvalue weighted by atomic mass is 19.1. The van der Waals surface area contributed by atoms with Crippen LogP contribution in [0.4, 0.5) is 4.39 Å². The van der Waals surface area contributed by atoms with Crippen LogP contribution in [-0.2, 0) is 9.59 Å². The molecule has 0 N–H and O–H groups in total. The molecule has 26 heavy (non-hydrogen) atoms. The van der Waals surface area contributed by atoms with Gasteiger partial charge in [-0.2, -0.15) is 10.1 Å². The number of rotatable bonds is 3. The van der Waals surface area contributed by atoms with Crippen LogP contribution < -0.4 is 0 Å². The molecule has 1 aromatic carbocycles. The van der Waals surface area contributed by atoms with Crippen molar-refractivity contribution in [2.24, 2.45) is 28.8 Å². The van der Waals surface area contributed by atoms with Crippen molar-refractivity contribution in [1.82, 2.24) is 5.01 Å². The van der Waals surface area contributed by atoms with Crippen LogP contribution in [0.3, 0.4) is 0 Å². The number of nitrogens with zero attached hydrogens (tertiary/aromatic N) is 2. The van der Waals surface area contributed by atoms with Gasteiger partial charge in [-0.05, 0) is 42.5 Å². The number of benzene rings is 1. The number of imide groups is 1. The molecule has 1 aliphatic heterocycles. The maximum absolute atomic E-state index is 13.3. The van der Waals surface area contributed by atoms with Gasteiger partial charge in [-0.15, -0.1) is 0 Å². The van der Waals surface area contributed by atoms with Crippen LogP contribution >= 0.6 is 0 Å². The van der Waals surface area contributed by atoms with Crippen molar-refractivity contribution in [3.63, 3.8) is 0 Å². The summed E-state index contributed by atoms with van der Waals surface area (Å²) in [6, 6.07) is 9.43. The van der Waals surface area contributed by atoms with Crippen molar-refractivity contribution in [2.45, 2.75) is 6.42 Å². The molecule has 2 heterocycles. The van der Waals surface area contributed by atoms with Crippen molar-refractivity contribution in [2.75, 3.05) is 0 Å². The number of furan rings is 1. The quantitative estimate of drug-likeness (QED) is 0.485. The van der Waals surface area contributed by atoms with E-state index in [-0.39, 0.29) is 41.3 Å². The number of fused-ring (bicyclic) bond motifs is 5. The lowest BCUT2D eigenvalue weighted by molar-refractivity contribution is -0.140. The standard InChI is InChI=1S/C20H15FN2O3/c21-14-3-1-2-11(9-14)16-7-6-15(26-16)10-22-23-19(24)17-12-4-5-13(8-12)18(17)20(23)25/h1-7,9-10,12-13,17-18H,8H2/t12-,13-,17-,18+/m0/s1. The predicted octanol–water partition coefficient (Wildman–Crippen LogP) is 3.23. The topological polar surface area (TPSA) is 62.9 Å². The van der Waals surface area contributed by atoms with Crippen LogP contribution in [0, 0.1) is 29.5 Å². The van der Waals surface area contributed by atoms with Crippen molar-refractivity contribution in [3.8, 4) is 11.3 Å².